The Hall–Kier alpha value is -4.43. The van der Waals surface area contributed by atoms with E-state index < -0.39 is 28.0 Å². The molecule has 0 fully saturated rings. The van der Waals surface area contributed by atoms with E-state index in [0.29, 0.717) is 12.8 Å². The molecular formula is C35H38N2O5S. The lowest BCUT2D eigenvalue weighted by Gasteiger charge is -2.24. The van der Waals surface area contributed by atoms with Crippen LogP contribution in [0.4, 0.5) is 4.79 Å². The van der Waals surface area contributed by atoms with E-state index in [1.807, 2.05) is 109 Å². The molecule has 0 heterocycles. The smallest absolute Gasteiger partial charge is 0.408 e. The van der Waals surface area contributed by atoms with Crippen LogP contribution in [0.1, 0.15) is 35.1 Å². The number of carbonyl (C=O) groups excluding carboxylic acids is 2. The molecule has 0 unspecified atom stereocenters. The van der Waals surface area contributed by atoms with Crippen LogP contribution >= 0.6 is 0 Å². The Balaban J connectivity index is 1.44. The van der Waals surface area contributed by atoms with Crippen molar-refractivity contribution in [3.63, 3.8) is 0 Å². The van der Waals surface area contributed by atoms with Crippen LogP contribution in [0.2, 0.25) is 0 Å². The van der Waals surface area contributed by atoms with Crippen LogP contribution in [0.3, 0.4) is 0 Å². The number of alkyl carbamates (subject to hydrolysis) is 1. The van der Waals surface area contributed by atoms with E-state index in [2.05, 4.69) is 10.6 Å². The van der Waals surface area contributed by atoms with E-state index in [9.17, 15) is 18.0 Å². The summed E-state index contributed by atoms with van der Waals surface area (Å²) in [6.45, 7) is 0.0747. The number of ether oxygens (including phenoxy) is 1. The van der Waals surface area contributed by atoms with Crippen molar-refractivity contribution in [2.24, 2.45) is 0 Å². The molecule has 0 spiro atoms. The molecule has 2 atom stereocenters. The molecule has 224 valence electrons. The molecule has 43 heavy (non-hydrogen) atoms. The molecule has 7 nitrogen and oxygen atoms in total. The number of nitrogens with one attached hydrogen (secondary N) is 2. The number of hydrogen-bond acceptors (Lipinski definition) is 5. The lowest BCUT2D eigenvalue weighted by Crippen LogP contribution is -2.51. The summed E-state index contributed by atoms with van der Waals surface area (Å²) in [7, 11) is -3.41. The van der Waals surface area contributed by atoms with E-state index >= 15 is 0 Å². The fraction of sp³-hybridized carbons (Fsp3) is 0.257. The predicted molar refractivity (Wildman–Crippen MR) is 169 cm³/mol. The molecule has 0 saturated heterocycles. The van der Waals surface area contributed by atoms with Crippen molar-refractivity contribution in [3.05, 3.63) is 144 Å². The van der Waals surface area contributed by atoms with Gasteiger partial charge in [0.05, 0.1) is 11.5 Å². The summed E-state index contributed by atoms with van der Waals surface area (Å²) in [5.41, 5.74) is 3.53. The monoisotopic (exact) mass is 598 g/mol. The van der Waals surface area contributed by atoms with Gasteiger partial charge in [0, 0.05) is 12.5 Å². The first-order valence-corrected chi connectivity index (χ1v) is 16.3. The Bertz CT molecular complexity index is 1520. The zero-order chi connectivity index (χ0) is 30.3. The molecule has 0 radical (unpaired) electrons. The van der Waals surface area contributed by atoms with Crippen LogP contribution in [-0.2, 0) is 44.6 Å². The SMILES string of the molecule is O=C(N[C@@H](Cc1ccccc1)C(=O)N[C@H](CCc1ccccc1)CCS(=O)(=O)Cc1ccccc1)OCc1ccccc1. The minimum atomic E-state index is -3.41. The Morgan fingerprint density at radius 2 is 1.14 bits per heavy atom. The number of hydrogen-bond donors (Lipinski definition) is 2. The second-order valence-electron chi connectivity index (χ2n) is 10.5. The summed E-state index contributed by atoms with van der Waals surface area (Å²) < 4.78 is 31.4. The molecular weight excluding hydrogens is 560 g/mol. The van der Waals surface area contributed by atoms with Crippen molar-refractivity contribution in [2.75, 3.05) is 5.75 Å². The average Bonchev–Trinajstić information content (AvgIpc) is 3.03. The third-order valence-electron chi connectivity index (χ3n) is 7.08. The van der Waals surface area contributed by atoms with E-state index in [4.69, 9.17) is 4.74 Å². The van der Waals surface area contributed by atoms with Crippen LogP contribution in [0.15, 0.2) is 121 Å². The molecule has 4 aromatic carbocycles. The van der Waals surface area contributed by atoms with Crippen LogP contribution in [0, 0.1) is 0 Å². The largest absolute Gasteiger partial charge is 0.445 e. The van der Waals surface area contributed by atoms with Gasteiger partial charge in [0.25, 0.3) is 0 Å². The number of amides is 2. The second kappa shape index (κ2) is 16.3. The van der Waals surface area contributed by atoms with Gasteiger partial charge in [-0.05, 0) is 41.5 Å². The first-order valence-electron chi connectivity index (χ1n) is 14.5. The Morgan fingerprint density at radius 1 is 0.628 bits per heavy atom. The molecule has 0 bridgehead atoms. The number of carbonyl (C=O) groups is 2. The first kappa shape index (κ1) is 31.5. The third-order valence-corrected chi connectivity index (χ3v) is 8.71. The Labute approximate surface area is 254 Å². The maximum absolute atomic E-state index is 13.7. The summed E-state index contributed by atoms with van der Waals surface area (Å²) in [6.07, 6.45) is 1.02. The Kier molecular flexibility index (Phi) is 11.9. The predicted octanol–water partition coefficient (Wildman–Crippen LogP) is 5.65. The van der Waals surface area contributed by atoms with Gasteiger partial charge in [-0.2, -0.15) is 0 Å². The first-order chi connectivity index (χ1) is 20.9. The molecule has 0 aliphatic rings. The van der Waals surface area contributed by atoms with E-state index in [1.54, 1.807) is 12.1 Å². The quantitative estimate of drug-likeness (QED) is 0.184. The van der Waals surface area contributed by atoms with Gasteiger partial charge in [-0.1, -0.05) is 121 Å². The van der Waals surface area contributed by atoms with E-state index in [0.717, 1.165) is 22.3 Å². The fourth-order valence-electron chi connectivity index (χ4n) is 4.76. The molecule has 8 heteroatoms. The lowest BCUT2D eigenvalue weighted by atomic mass is 10.0. The van der Waals surface area contributed by atoms with Crippen molar-refractivity contribution in [2.45, 2.75) is 50.1 Å². The number of sulfone groups is 1. The van der Waals surface area contributed by atoms with E-state index in [-0.39, 0.29) is 36.9 Å². The zero-order valence-corrected chi connectivity index (χ0v) is 24.9. The molecule has 0 aromatic heterocycles. The van der Waals surface area contributed by atoms with Crippen molar-refractivity contribution in [3.8, 4) is 0 Å². The van der Waals surface area contributed by atoms with Gasteiger partial charge in [0.1, 0.15) is 12.6 Å². The minimum absolute atomic E-state index is 0.0569. The minimum Gasteiger partial charge on any atom is -0.445 e. The van der Waals surface area contributed by atoms with Crippen molar-refractivity contribution in [1.82, 2.24) is 10.6 Å². The summed E-state index contributed by atoms with van der Waals surface area (Å²) in [6, 6.07) is 36.3. The fourth-order valence-corrected chi connectivity index (χ4v) is 6.25. The summed E-state index contributed by atoms with van der Waals surface area (Å²) in [4.78, 5) is 26.4. The molecule has 0 saturated carbocycles. The molecule has 4 aromatic rings. The highest BCUT2D eigenvalue weighted by atomic mass is 32.2. The zero-order valence-electron chi connectivity index (χ0n) is 24.1. The van der Waals surface area contributed by atoms with Crippen molar-refractivity contribution in [1.29, 1.82) is 0 Å². The number of rotatable bonds is 15. The number of aryl methyl sites for hydroxylation is 1. The molecule has 4 rings (SSSR count). The van der Waals surface area contributed by atoms with Gasteiger partial charge in [-0.15, -0.1) is 0 Å². The van der Waals surface area contributed by atoms with Crippen molar-refractivity contribution >= 4 is 21.8 Å². The maximum atomic E-state index is 13.7. The summed E-state index contributed by atoms with van der Waals surface area (Å²) in [5.74, 6) is -0.519. The van der Waals surface area contributed by atoms with Gasteiger partial charge in [0.2, 0.25) is 5.91 Å². The normalized spacial score (nSPS) is 12.6. The van der Waals surface area contributed by atoms with Crippen LogP contribution in [0.5, 0.6) is 0 Å². The highest BCUT2D eigenvalue weighted by molar-refractivity contribution is 7.90. The number of benzene rings is 4. The Morgan fingerprint density at radius 3 is 1.72 bits per heavy atom. The average molecular weight is 599 g/mol. The topological polar surface area (TPSA) is 102 Å². The standard InChI is InChI=1S/C35H38N2O5S/c38-34(33(25-29-15-7-2-8-16-29)37-35(39)42-26-30-17-9-3-10-18-30)36-32(22-21-28-13-5-1-6-14-28)23-24-43(40,41)27-31-19-11-4-12-20-31/h1-20,32-33H,21-27H2,(H,36,38)(H,37,39)/t32-,33+/m1/s1. The third kappa shape index (κ3) is 11.4. The van der Waals surface area contributed by atoms with Gasteiger partial charge < -0.3 is 15.4 Å². The highest BCUT2D eigenvalue weighted by Crippen LogP contribution is 2.13. The van der Waals surface area contributed by atoms with Crippen LogP contribution < -0.4 is 10.6 Å². The van der Waals surface area contributed by atoms with Crippen molar-refractivity contribution < 1.29 is 22.7 Å². The van der Waals surface area contributed by atoms with Crippen LogP contribution in [0.25, 0.3) is 0 Å². The lowest BCUT2D eigenvalue weighted by molar-refractivity contribution is -0.123. The van der Waals surface area contributed by atoms with E-state index in [1.165, 1.54) is 0 Å². The highest BCUT2D eigenvalue weighted by Gasteiger charge is 2.25. The van der Waals surface area contributed by atoms with Gasteiger partial charge in [-0.3, -0.25) is 4.79 Å². The van der Waals surface area contributed by atoms with Gasteiger partial charge >= 0.3 is 6.09 Å². The molecule has 0 aliphatic carbocycles. The summed E-state index contributed by atoms with van der Waals surface area (Å²) in [5, 5.41) is 5.78. The molecule has 0 aliphatic heterocycles. The van der Waals surface area contributed by atoms with Gasteiger partial charge in [0.15, 0.2) is 9.84 Å². The second-order valence-corrected chi connectivity index (χ2v) is 12.7. The van der Waals surface area contributed by atoms with Crippen LogP contribution in [-0.4, -0.2) is 38.3 Å². The van der Waals surface area contributed by atoms with Gasteiger partial charge in [-0.25, -0.2) is 13.2 Å². The summed E-state index contributed by atoms with van der Waals surface area (Å²) >= 11 is 0. The molecule has 2 N–H and O–H groups in total. The molecule has 2 amide bonds. The maximum Gasteiger partial charge on any atom is 0.408 e.